The maximum Gasteiger partial charge on any atom is 0.267 e. The lowest BCUT2D eigenvalue weighted by Crippen LogP contribution is -2.32. The largest absolute Gasteiger partial charge is 0.475 e. The Morgan fingerprint density at radius 2 is 1.89 bits per heavy atom. The number of aryl methyl sites for hydroxylation is 1. The number of ether oxygens (including phenoxy) is 1. The second-order valence-electron chi connectivity index (χ2n) is 6.22. The van der Waals surface area contributed by atoms with Gasteiger partial charge in [-0.1, -0.05) is 35.9 Å². The van der Waals surface area contributed by atoms with E-state index in [9.17, 15) is 4.79 Å². The fourth-order valence-corrected chi connectivity index (χ4v) is 3.55. The van der Waals surface area contributed by atoms with Gasteiger partial charge in [0.05, 0.1) is 6.54 Å². The minimum atomic E-state index is -0.276. The summed E-state index contributed by atoms with van der Waals surface area (Å²) in [6.07, 6.45) is 1.29. The molecular weight excluding hydrogens is 364 g/mol. The third-order valence-electron chi connectivity index (χ3n) is 4.54. The summed E-state index contributed by atoms with van der Waals surface area (Å²) >= 11 is 6.36. The van der Waals surface area contributed by atoms with Crippen LogP contribution in [0.5, 0.6) is 5.88 Å². The lowest BCUT2D eigenvalue weighted by Gasteiger charge is -2.20. The molecule has 0 saturated heterocycles. The Balaban J connectivity index is 1.70. The molecule has 3 aromatic rings. The molecule has 0 spiro atoms. The van der Waals surface area contributed by atoms with Crippen LogP contribution in [-0.4, -0.2) is 29.0 Å². The van der Waals surface area contributed by atoms with E-state index in [0.717, 1.165) is 22.4 Å². The molecule has 0 atom stereocenters. The Labute approximate surface area is 161 Å². The van der Waals surface area contributed by atoms with E-state index < -0.39 is 0 Å². The lowest BCUT2D eigenvalue weighted by molar-refractivity contribution is 0.0990. The number of fused-ring (bicyclic) bond motifs is 1. The number of hydrogen-bond acceptors (Lipinski definition) is 5. The average Bonchev–Trinajstić information content (AvgIpc) is 2.82. The number of hydrogen-bond donors (Lipinski definition) is 1. The van der Waals surface area contributed by atoms with Crippen molar-refractivity contribution in [2.24, 2.45) is 0 Å². The molecule has 2 aromatic carbocycles. The van der Waals surface area contributed by atoms with E-state index in [1.165, 1.54) is 6.33 Å². The highest BCUT2D eigenvalue weighted by molar-refractivity contribution is 6.33. The second kappa shape index (κ2) is 6.89. The SMILES string of the molecule is Cc1cccc(Cl)c1-c1ccc(N2CCOc3ncnc(N)c3C2=O)cc1. The van der Waals surface area contributed by atoms with Crippen molar-refractivity contribution >= 4 is 29.0 Å². The zero-order valence-corrected chi connectivity index (χ0v) is 15.4. The standard InChI is InChI=1S/C20H17ClN4O2/c1-12-3-2-4-15(21)16(12)13-5-7-14(8-6-13)25-9-10-27-19-17(20(25)26)18(22)23-11-24-19/h2-8,11H,9-10H2,1H3,(H2,22,23,24). The number of benzene rings is 2. The summed E-state index contributed by atoms with van der Waals surface area (Å²) in [5.41, 5.74) is 9.89. The third kappa shape index (κ3) is 3.08. The predicted molar refractivity (Wildman–Crippen MR) is 105 cm³/mol. The molecule has 2 N–H and O–H groups in total. The van der Waals surface area contributed by atoms with Crippen molar-refractivity contribution in [3.05, 3.63) is 64.9 Å². The van der Waals surface area contributed by atoms with Crippen LogP contribution >= 0.6 is 11.6 Å². The summed E-state index contributed by atoms with van der Waals surface area (Å²) < 4.78 is 5.56. The molecule has 0 aliphatic carbocycles. The van der Waals surface area contributed by atoms with Gasteiger partial charge < -0.3 is 15.4 Å². The number of halogens is 1. The molecule has 0 bridgehead atoms. The molecule has 1 amide bonds. The quantitative estimate of drug-likeness (QED) is 0.732. The number of carbonyl (C=O) groups is 1. The van der Waals surface area contributed by atoms with Gasteiger partial charge >= 0.3 is 0 Å². The molecule has 136 valence electrons. The van der Waals surface area contributed by atoms with Crippen LogP contribution in [0, 0.1) is 6.92 Å². The molecule has 2 heterocycles. The van der Waals surface area contributed by atoms with Gasteiger partial charge in [-0.2, -0.15) is 0 Å². The first-order chi connectivity index (χ1) is 13.1. The van der Waals surface area contributed by atoms with Crippen molar-refractivity contribution in [3.8, 4) is 17.0 Å². The van der Waals surface area contributed by atoms with Crippen LogP contribution in [0.25, 0.3) is 11.1 Å². The van der Waals surface area contributed by atoms with Gasteiger partial charge in [0.1, 0.15) is 24.3 Å². The van der Waals surface area contributed by atoms with Crippen molar-refractivity contribution in [1.29, 1.82) is 0 Å². The fraction of sp³-hybridized carbons (Fsp3) is 0.150. The number of aromatic nitrogens is 2. The van der Waals surface area contributed by atoms with E-state index in [-0.39, 0.29) is 23.2 Å². The number of nitrogen functional groups attached to an aromatic ring is 1. The third-order valence-corrected chi connectivity index (χ3v) is 4.86. The highest BCUT2D eigenvalue weighted by Gasteiger charge is 2.28. The van der Waals surface area contributed by atoms with Crippen molar-refractivity contribution in [1.82, 2.24) is 9.97 Å². The van der Waals surface area contributed by atoms with Crippen molar-refractivity contribution in [2.45, 2.75) is 6.92 Å². The number of nitrogens with two attached hydrogens (primary N) is 1. The molecule has 0 unspecified atom stereocenters. The van der Waals surface area contributed by atoms with Gasteiger partial charge in [-0.05, 0) is 36.2 Å². The summed E-state index contributed by atoms with van der Waals surface area (Å²) in [6, 6.07) is 13.5. The molecular formula is C20H17ClN4O2. The zero-order chi connectivity index (χ0) is 19.0. The first-order valence-electron chi connectivity index (χ1n) is 8.47. The average molecular weight is 381 g/mol. The molecule has 0 saturated carbocycles. The van der Waals surface area contributed by atoms with Crippen LogP contribution in [0.15, 0.2) is 48.8 Å². The van der Waals surface area contributed by atoms with E-state index in [0.29, 0.717) is 18.2 Å². The molecule has 27 heavy (non-hydrogen) atoms. The first-order valence-corrected chi connectivity index (χ1v) is 8.84. The topological polar surface area (TPSA) is 81.3 Å². The minimum absolute atomic E-state index is 0.111. The van der Waals surface area contributed by atoms with Crippen LogP contribution in [0.4, 0.5) is 11.5 Å². The monoisotopic (exact) mass is 380 g/mol. The molecule has 0 fully saturated rings. The number of carbonyl (C=O) groups excluding carboxylic acids is 1. The molecule has 0 radical (unpaired) electrons. The normalized spacial score (nSPS) is 13.7. The van der Waals surface area contributed by atoms with Crippen LogP contribution in [0.2, 0.25) is 5.02 Å². The Kier molecular flexibility index (Phi) is 4.41. The molecule has 6 nitrogen and oxygen atoms in total. The van der Waals surface area contributed by atoms with Crippen molar-refractivity contribution < 1.29 is 9.53 Å². The van der Waals surface area contributed by atoms with Crippen LogP contribution in [0.1, 0.15) is 15.9 Å². The summed E-state index contributed by atoms with van der Waals surface area (Å²) in [7, 11) is 0. The molecule has 1 aliphatic heterocycles. The van der Waals surface area contributed by atoms with Crippen LogP contribution < -0.4 is 15.4 Å². The summed E-state index contributed by atoms with van der Waals surface area (Å²) in [5, 5.41) is 0.695. The Bertz CT molecular complexity index is 1000. The number of amides is 1. The molecule has 4 rings (SSSR count). The number of nitrogens with zero attached hydrogens (tertiary/aromatic N) is 3. The van der Waals surface area contributed by atoms with Gasteiger partial charge in [0.2, 0.25) is 5.88 Å². The van der Waals surface area contributed by atoms with E-state index >= 15 is 0 Å². The maximum atomic E-state index is 13.0. The maximum absolute atomic E-state index is 13.0. The van der Waals surface area contributed by atoms with Crippen LogP contribution in [0.3, 0.4) is 0 Å². The van der Waals surface area contributed by atoms with E-state index in [1.54, 1.807) is 4.90 Å². The van der Waals surface area contributed by atoms with Gasteiger partial charge in [-0.25, -0.2) is 9.97 Å². The smallest absolute Gasteiger partial charge is 0.267 e. The fourth-order valence-electron chi connectivity index (χ4n) is 3.21. The van der Waals surface area contributed by atoms with Gasteiger partial charge in [-0.15, -0.1) is 0 Å². The van der Waals surface area contributed by atoms with Crippen LogP contribution in [-0.2, 0) is 0 Å². The second-order valence-corrected chi connectivity index (χ2v) is 6.63. The molecule has 1 aliphatic rings. The highest BCUT2D eigenvalue weighted by atomic mass is 35.5. The Morgan fingerprint density at radius 3 is 2.63 bits per heavy atom. The van der Waals surface area contributed by atoms with E-state index in [1.807, 2.05) is 49.4 Å². The Hall–Kier alpha value is -3.12. The summed E-state index contributed by atoms with van der Waals surface area (Å²) in [5.74, 6) is 0.0563. The van der Waals surface area contributed by atoms with Crippen molar-refractivity contribution in [2.75, 3.05) is 23.8 Å². The van der Waals surface area contributed by atoms with Gasteiger partial charge in [0.15, 0.2) is 0 Å². The molecule has 7 heteroatoms. The van der Waals surface area contributed by atoms with Gasteiger partial charge in [-0.3, -0.25) is 4.79 Å². The van der Waals surface area contributed by atoms with E-state index in [2.05, 4.69) is 9.97 Å². The number of anilines is 2. The summed E-state index contributed by atoms with van der Waals surface area (Å²) in [6.45, 7) is 2.73. The van der Waals surface area contributed by atoms with E-state index in [4.69, 9.17) is 22.1 Å². The van der Waals surface area contributed by atoms with Gasteiger partial charge in [0.25, 0.3) is 5.91 Å². The Morgan fingerprint density at radius 1 is 1.11 bits per heavy atom. The van der Waals surface area contributed by atoms with Gasteiger partial charge in [0, 0.05) is 16.3 Å². The predicted octanol–water partition coefficient (Wildman–Crippen LogP) is 3.73. The first kappa shape index (κ1) is 17.3. The molecule has 1 aromatic heterocycles. The summed E-state index contributed by atoms with van der Waals surface area (Å²) in [4.78, 5) is 22.5. The number of rotatable bonds is 2. The van der Waals surface area contributed by atoms with Crippen molar-refractivity contribution in [3.63, 3.8) is 0 Å². The minimum Gasteiger partial charge on any atom is -0.475 e. The zero-order valence-electron chi connectivity index (χ0n) is 14.6. The highest BCUT2D eigenvalue weighted by Crippen LogP contribution is 2.33. The lowest BCUT2D eigenvalue weighted by atomic mass is 10.00.